The quantitative estimate of drug-likeness (QED) is 0.562. The molecule has 0 saturated carbocycles. The van der Waals surface area contributed by atoms with E-state index in [1.165, 1.54) is 12.1 Å². The number of nitro benzene ring substituents is 1. The number of para-hydroxylation sites is 2. The number of carbonyl (C=O) groups excluding carboxylic acids is 1. The smallest absolute Gasteiger partial charge is 0.447 e. The molecule has 0 bridgehead atoms. The zero-order chi connectivity index (χ0) is 17.5. The number of anilines is 1. The molecule has 0 atom stereocenters. The maximum Gasteiger partial charge on any atom is 0.471 e. The molecule has 24 heavy (non-hydrogen) atoms. The number of nitrogens with zero attached hydrogens (tertiary/aromatic N) is 1. The molecular weight excluding hydrogens is 333 g/mol. The Kier molecular flexibility index (Phi) is 3.51. The Morgan fingerprint density at radius 2 is 1.62 bits per heavy atom. The topological polar surface area (TPSA) is 90.7 Å². The standard InChI is InChI=1S/C14H7F3N2O5/c15-14(16,17)13(20)18-7-5-6-8(19(21)22)12-11(7)23-9-3-1-2-4-10(9)24-12/h1-6H,(H,18,20). The number of benzene rings is 2. The molecular formula is C14H7F3N2O5. The second-order valence-corrected chi connectivity index (χ2v) is 4.65. The summed E-state index contributed by atoms with van der Waals surface area (Å²) in [6.07, 6.45) is -5.12. The van der Waals surface area contributed by atoms with Crippen molar-refractivity contribution in [2.24, 2.45) is 0 Å². The van der Waals surface area contributed by atoms with E-state index in [1.54, 1.807) is 17.4 Å². The van der Waals surface area contributed by atoms with Crippen LogP contribution in [0.3, 0.4) is 0 Å². The van der Waals surface area contributed by atoms with Crippen LogP contribution in [0.5, 0.6) is 23.0 Å². The first-order chi connectivity index (χ1) is 11.3. The lowest BCUT2D eigenvalue weighted by atomic mass is 10.2. The van der Waals surface area contributed by atoms with Gasteiger partial charge in [0, 0.05) is 6.07 Å². The van der Waals surface area contributed by atoms with Crippen LogP contribution in [-0.4, -0.2) is 17.0 Å². The van der Waals surface area contributed by atoms with Gasteiger partial charge in [-0.1, -0.05) is 12.1 Å². The predicted octanol–water partition coefficient (Wildman–Crippen LogP) is 3.99. The number of nitro groups is 1. The van der Waals surface area contributed by atoms with Gasteiger partial charge in [0.15, 0.2) is 11.5 Å². The molecule has 1 amide bonds. The van der Waals surface area contributed by atoms with Crippen molar-refractivity contribution in [2.45, 2.75) is 6.18 Å². The minimum Gasteiger partial charge on any atom is -0.447 e. The largest absolute Gasteiger partial charge is 0.471 e. The molecule has 2 aromatic rings. The minimum atomic E-state index is -5.12. The Morgan fingerprint density at radius 3 is 2.17 bits per heavy atom. The third-order valence-electron chi connectivity index (χ3n) is 3.07. The highest BCUT2D eigenvalue weighted by Crippen LogP contribution is 2.52. The van der Waals surface area contributed by atoms with Crippen molar-refractivity contribution in [3.63, 3.8) is 0 Å². The van der Waals surface area contributed by atoms with Gasteiger partial charge in [-0.05, 0) is 18.2 Å². The van der Waals surface area contributed by atoms with Gasteiger partial charge in [-0.15, -0.1) is 0 Å². The fourth-order valence-electron chi connectivity index (χ4n) is 2.03. The molecule has 1 aliphatic heterocycles. The van der Waals surface area contributed by atoms with Gasteiger partial charge in [0.1, 0.15) is 0 Å². The summed E-state index contributed by atoms with van der Waals surface area (Å²) in [7, 11) is 0. The SMILES string of the molecule is O=C(Nc1ccc([N+](=O)[O-])c2c1Oc1ccccc1O2)C(F)(F)F. The van der Waals surface area contributed by atoms with Gasteiger partial charge in [-0.3, -0.25) is 14.9 Å². The van der Waals surface area contributed by atoms with Gasteiger partial charge in [0.2, 0.25) is 11.5 Å². The lowest BCUT2D eigenvalue weighted by Crippen LogP contribution is -2.30. The van der Waals surface area contributed by atoms with Crippen LogP contribution in [0.2, 0.25) is 0 Å². The molecule has 1 N–H and O–H groups in total. The fraction of sp³-hybridized carbons (Fsp3) is 0.0714. The molecule has 0 saturated heterocycles. The summed E-state index contributed by atoms with van der Waals surface area (Å²) >= 11 is 0. The number of carbonyl (C=O) groups is 1. The molecule has 0 aromatic heterocycles. The van der Waals surface area contributed by atoms with Gasteiger partial charge < -0.3 is 14.8 Å². The fourth-order valence-corrected chi connectivity index (χ4v) is 2.03. The number of ether oxygens (including phenoxy) is 2. The molecule has 124 valence electrons. The van der Waals surface area contributed by atoms with E-state index in [-0.39, 0.29) is 17.2 Å². The summed E-state index contributed by atoms with van der Waals surface area (Å²) in [4.78, 5) is 21.4. The molecule has 0 unspecified atom stereocenters. The van der Waals surface area contributed by atoms with Crippen molar-refractivity contribution in [3.8, 4) is 23.0 Å². The van der Waals surface area contributed by atoms with E-state index in [0.717, 1.165) is 12.1 Å². The van der Waals surface area contributed by atoms with E-state index in [0.29, 0.717) is 0 Å². The Morgan fingerprint density at radius 1 is 1.04 bits per heavy atom. The van der Waals surface area contributed by atoms with Gasteiger partial charge >= 0.3 is 17.8 Å². The van der Waals surface area contributed by atoms with Crippen LogP contribution in [0.4, 0.5) is 24.5 Å². The number of fused-ring (bicyclic) bond motifs is 2. The first-order valence-corrected chi connectivity index (χ1v) is 6.41. The van der Waals surface area contributed by atoms with Crippen LogP contribution in [0, 0.1) is 10.1 Å². The summed E-state index contributed by atoms with van der Waals surface area (Å²) in [5.74, 6) is -2.69. The minimum absolute atomic E-state index is 0.146. The highest BCUT2D eigenvalue weighted by atomic mass is 19.4. The number of amides is 1. The summed E-state index contributed by atoms with van der Waals surface area (Å²) in [6.45, 7) is 0. The van der Waals surface area contributed by atoms with Crippen LogP contribution in [0.15, 0.2) is 36.4 Å². The maximum absolute atomic E-state index is 12.4. The summed E-state index contributed by atoms with van der Waals surface area (Å²) in [6, 6.07) is 7.97. The zero-order valence-electron chi connectivity index (χ0n) is 11.6. The van der Waals surface area contributed by atoms with Crippen LogP contribution in [0.1, 0.15) is 0 Å². The van der Waals surface area contributed by atoms with Crippen LogP contribution in [0.25, 0.3) is 0 Å². The van der Waals surface area contributed by atoms with E-state index >= 15 is 0 Å². The molecule has 0 radical (unpaired) electrons. The van der Waals surface area contributed by atoms with Crippen molar-refractivity contribution >= 4 is 17.3 Å². The van der Waals surface area contributed by atoms with Crippen molar-refractivity contribution in [1.29, 1.82) is 0 Å². The molecule has 0 aliphatic carbocycles. The Bertz CT molecular complexity index is 851. The number of rotatable bonds is 2. The third kappa shape index (κ3) is 2.69. The van der Waals surface area contributed by atoms with E-state index in [4.69, 9.17) is 9.47 Å². The molecule has 7 nitrogen and oxygen atoms in total. The molecule has 10 heteroatoms. The average molecular weight is 340 g/mol. The van der Waals surface area contributed by atoms with Gasteiger partial charge in [0.05, 0.1) is 10.6 Å². The Balaban J connectivity index is 2.08. The summed E-state index contributed by atoms with van der Waals surface area (Å²) in [5, 5.41) is 12.7. The van der Waals surface area contributed by atoms with Gasteiger partial charge in [0.25, 0.3) is 0 Å². The molecule has 0 fully saturated rings. The van der Waals surface area contributed by atoms with Crippen molar-refractivity contribution < 1.29 is 32.4 Å². The molecule has 1 aliphatic rings. The second-order valence-electron chi connectivity index (χ2n) is 4.65. The van der Waals surface area contributed by atoms with E-state index in [2.05, 4.69) is 0 Å². The number of halogens is 3. The van der Waals surface area contributed by atoms with Crippen LogP contribution < -0.4 is 14.8 Å². The molecule has 0 spiro atoms. The highest BCUT2D eigenvalue weighted by molar-refractivity contribution is 5.97. The lowest BCUT2D eigenvalue weighted by molar-refractivity contribution is -0.385. The first-order valence-electron chi connectivity index (χ1n) is 6.41. The highest BCUT2D eigenvalue weighted by Gasteiger charge is 2.40. The van der Waals surface area contributed by atoms with E-state index in [9.17, 15) is 28.1 Å². The van der Waals surface area contributed by atoms with Crippen molar-refractivity contribution in [2.75, 3.05) is 5.32 Å². The monoisotopic (exact) mass is 340 g/mol. The molecule has 1 heterocycles. The normalized spacial score (nSPS) is 12.3. The molecule has 2 aromatic carbocycles. The lowest BCUT2D eigenvalue weighted by Gasteiger charge is -2.22. The van der Waals surface area contributed by atoms with Crippen molar-refractivity contribution in [1.82, 2.24) is 0 Å². The second kappa shape index (κ2) is 5.41. The van der Waals surface area contributed by atoms with Crippen LogP contribution >= 0.6 is 0 Å². The molecule has 3 rings (SSSR count). The zero-order valence-corrected chi connectivity index (χ0v) is 11.6. The summed E-state index contributed by atoms with van der Waals surface area (Å²) < 4.78 is 48.0. The number of nitrogens with one attached hydrogen (secondary N) is 1. The predicted molar refractivity (Wildman–Crippen MR) is 74.4 cm³/mol. The number of hydrogen-bond acceptors (Lipinski definition) is 5. The number of alkyl halides is 3. The average Bonchev–Trinajstić information content (AvgIpc) is 2.52. The summed E-state index contributed by atoms with van der Waals surface area (Å²) in [5.41, 5.74) is -0.906. The van der Waals surface area contributed by atoms with E-state index < -0.39 is 34.1 Å². The van der Waals surface area contributed by atoms with Gasteiger partial charge in [-0.2, -0.15) is 13.2 Å². The Hall–Kier alpha value is -3.30. The third-order valence-corrected chi connectivity index (χ3v) is 3.07. The number of hydrogen-bond donors (Lipinski definition) is 1. The first kappa shape index (κ1) is 15.6. The van der Waals surface area contributed by atoms with Crippen LogP contribution in [-0.2, 0) is 4.79 Å². The Labute approximate surface area is 131 Å². The maximum atomic E-state index is 12.4. The van der Waals surface area contributed by atoms with Gasteiger partial charge in [-0.25, -0.2) is 0 Å². The van der Waals surface area contributed by atoms with E-state index in [1.807, 2.05) is 0 Å². The van der Waals surface area contributed by atoms with Crippen molar-refractivity contribution in [3.05, 3.63) is 46.5 Å².